The molecule has 0 spiro atoms. The predicted octanol–water partition coefficient (Wildman–Crippen LogP) is 3.13. The van der Waals surface area contributed by atoms with Gasteiger partial charge >= 0.3 is 0 Å². The van der Waals surface area contributed by atoms with E-state index in [0.29, 0.717) is 16.9 Å². The van der Waals surface area contributed by atoms with Gasteiger partial charge in [0, 0.05) is 17.7 Å². The zero-order valence-corrected chi connectivity index (χ0v) is 12.6. The van der Waals surface area contributed by atoms with Crippen molar-refractivity contribution in [1.82, 2.24) is 4.57 Å². The molecule has 2 aliphatic rings. The normalized spacial score (nSPS) is 22.1. The number of carbonyl (C=O) groups is 1. The molecule has 0 saturated heterocycles. The Labute approximate surface area is 132 Å². The summed E-state index contributed by atoms with van der Waals surface area (Å²) in [6, 6.07) is 8.88. The van der Waals surface area contributed by atoms with Crippen molar-refractivity contribution in [3.8, 4) is 0 Å². The second kappa shape index (κ2) is 5.33. The van der Waals surface area contributed by atoms with Gasteiger partial charge in [0.2, 0.25) is 0 Å². The minimum atomic E-state index is -0.375. The number of anilines is 1. The fourth-order valence-electron chi connectivity index (χ4n) is 3.73. The van der Waals surface area contributed by atoms with Gasteiger partial charge in [0.15, 0.2) is 5.78 Å². The smallest absolute Gasteiger partial charge is 0.252 e. The van der Waals surface area contributed by atoms with Crippen LogP contribution in [0.25, 0.3) is 0 Å². The number of aromatic nitrogens is 1. The molecular formula is C18H17FN2O2. The molecule has 4 nitrogen and oxygen atoms in total. The fraction of sp³-hybridized carbons (Fsp3) is 0.333. The van der Waals surface area contributed by atoms with Crippen molar-refractivity contribution in [2.24, 2.45) is 0 Å². The van der Waals surface area contributed by atoms with E-state index in [-0.39, 0.29) is 29.2 Å². The van der Waals surface area contributed by atoms with Gasteiger partial charge in [-0.25, -0.2) is 4.39 Å². The highest BCUT2D eigenvalue weighted by Crippen LogP contribution is 2.38. The van der Waals surface area contributed by atoms with Gasteiger partial charge in [0.05, 0.1) is 11.6 Å². The van der Waals surface area contributed by atoms with Crippen LogP contribution in [0.2, 0.25) is 0 Å². The molecule has 5 heteroatoms. The van der Waals surface area contributed by atoms with Gasteiger partial charge in [-0.1, -0.05) is 12.8 Å². The number of fused-ring (bicyclic) bond motifs is 3. The molecule has 1 aliphatic heterocycles. The number of hydrogen-bond donors (Lipinski definition) is 1. The van der Waals surface area contributed by atoms with Crippen LogP contribution in [0.5, 0.6) is 0 Å². The Bertz CT molecular complexity index is 826. The van der Waals surface area contributed by atoms with Crippen molar-refractivity contribution in [2.75, 3.05) is 5.32 Å². The van der Waals surface area contributed by atoms with Crippen LogP contribution < -0.4 is 10.9 Å². The van der Waals surface area contributed by atoms with E-state index in [1.165, 1.54) is 30.3 Å². The molecule has 0 amide bonds. The molecule has 2 atom stereocenters. The molecule has 0 bridgehead atoms. The molecule has 0 radical (unpaired) electrons. The number of rotatable bonds is 2. The van der Waals surface area contributed by atoms with Crippen LogP contribution in [0.3, 0.4) is 0 Å². The number of carbonyl (C=O) groups excluding carboxylic acids is 1. The number of pyridine rings is 1. The van der Waals surface area contributed by atoms with Crippen molar-refractivity contribution in [1.29, 1.82) is 0 Å². The van der Waals surface area contributed by atoms with Crippen molar-refractivity contribution in [3.05, 3.63) is 63.7 Å². The lowest BCUT2D eigenvalue weighted by Crippen LogP contribution is -2.29. The third-order valence-electron chi connectivity index (χ3n) is 4.86. The number of nitrogens with zero attached hydrogens (tertiary/aromatic N) is 1. The second-order valence-electron chi connectivity index (χ2n) is 6.24. The molecule has 2 aromatic rings. The van der Waals surface area contributed by atoms with Crippen LogP contribution in [0, 0.1) is 5.82 Å². The maximum atomic E-state index is 13.1. The van der Waals surface area contributed by atoms with Crippen LogP contribution in [0.4, 0.5) is 10.2 Å². The largest absolute Gasteiger partial charge is 0.366 e. The van der Waals surface area contributed by atoms with Gasteiger partial charge in [-0.15, -0.1) is 0 Å². The highest BCUT2D eigenvalue weighted by atomic mass is 19.1. The standard InChI is InChI=1S/C18H17FN2O2/c19-12-7-5-11(6-8-12)17(23)13-9-10-16(22)21-15-4-2-1-3-14(15)20-18(13)21/h5-10,14-15,20H,1-4H2/t14-,15-/m0/s1. The van der Waals surface area contributed by atoms with Gasteiger partial charge in [0.25, 0.3) is 5.56 Å². The number of nitrogens with one attached hydrogen (secondary N) is 1. The maximum Gasteiger partial charge on any atom is 0.252 e. The third kappa shape index (κ3) is 2.27. The van der Waals surface area contributed by atoms with Gasteiger partial charge in [-0.05, 0) is 43.2 Å². The summed E-state index contributed by atoms with van der Waals surface area (Å²) in [5.41, 5.74) is 0.827. The highest BCUT2D eigenvalue weighted by Gasteiger charge is 2.36. The average Bonchev–Trinajstić information content (AvgIpc) is 2.95. The number of ketones is 1. The summed E-state index contributed by atoms with van der Waals surface area (Å²) >= 11 is 0. The molecule has 1 aromatic heterocycles. The van der Waals surface area contributed by atoms with Crippen LogP contribution in [0.1, 0.15) is 47.6 Å². The molecule has 1 aliphatic carbocycles. The van der Waals surface area contributed by atoms with Gasteiger partial charge in [-0.3, -0.25) is 14.2 Å². The van der Waals surface area contributed by atoms with Crippen molar-refractivity contribution in [2.45, 2.75) is 37.8 Å². The fourth-order valence-corrected chi connectivity index (χ4v) is 3.73. The van der Waals surface area contributed by atoms with Crippen LogP contribution >= 0.6 is 0 Å². The molecule has 118 valence electrons. The monoisotopic (exact) mass is 312 g/mol. The Morgan fingerprint density at radius 3 is 2.61 bits per heavy atom. The molecule has 1 aromatic carbocycles. The number of hydrogen-bond acceptors (Lipinski definition) is 3. The number of halogens is 1. The van der Waals surface area contributed by atoms with E-state index in [2.05, 4.69) is 5.32 Å². The van der Waals surface area contributed by atoms with E-state index >= 15 is 0 Å². The SMILES string of the molecule is O=C(c1ccc(F)cc1)c1ccc(=O)n2c1N[C@H]1CCCC[C@@H]12. The topological polar surface area (TPSA) is 51.1 Å². The quantitative estimate of drug-likeness (QED) is 0.867. The van der Waals surface area contributed by atoms with E-state index in [9.17, 15) is 14.0 Å². The van der Waals surface area contributed by atoms with Gasteiger partial charge in [-0.2, -0.15) is 0 Å². The van der Waals surface area contributed by atoms with Crippen LogP contribution in [-0.2, 0) is 0 Å². The summed E-state index contributed by atoms with van der Waals surface area (Å²) in [5, 5.41) is 3.38. The first kappa shape index (κ1) is 14.2. The Morgan fingerprint density at radius 2 is 1.83 bits per heavy atom. The minimum Gasteiger partial charge on any atom is -0.366 e. The molecule has 1 N–H and O–H groups in total. The van der Waals surface area contributed by atoms with E-state index in [0.717, 1.165) is 25.7 Å². The minimum absolute atomic E-state index is 0.0717. The maximum absolute atomic E-state index is 13.1. The molecule has 1 fully saturated rings. The van der Waals surface area contributed by atoms with Crippen LogP contribution in [0.15, 0.2) is 41.2 Å². The summed E-state index contributed by atoms with van der Waals surface area (Å²) in [4.78, 5) is 25.0. The predicted molar refractivity (Wildman–Crippen MR) is 85.5 cm³/mol. The van der Waals surface area contributed by atoms with E-state index in [1.807, 2.05) is 0 Å². The van der Waals surface area contributed by atoms with Crippen molar-refractivity contribution < 1.29 is 9.18 Å². The second-order valence-corrected chi connectivity index (χ2v) is 6.24. The summed E-state index contributed by atoms with van der Waals surface area (Å²) < 4.78 is 14.8. The Kier molecular flexibility index (Phi) is 3.29. The lowest BCUT2D eigenvalue weighted by atomic mass is 9.91. The lowest BCUT2D eigenvalue weighted by Gasteiger charge is -2.25. The van der Waals surface area contributed by atoms with Crippen molar-refractivity contribution in [3.63, 3.8) is 0 Å². The number of benzene rings is 1. The first-order valence-electron chi connectivity index (χ1n) is 7.97. The highest BCUT2D eigenvalue weighted by molar-refractivity contribution is 6.12. The molecule has 2 heterocycles. The Morgan fingerprint density at radius 1 is 1.09 bits per heavy atom. The summed E-state index contributed by atoms with van der Waals surface area (Å²) in [6.07, 6.45) is 4.21. The molecule has 4 rings (SSSR count). The van der Waals surface area contributed by atoms with E-state index in [1.54, 1.807) is 10.6 Å². The summed E-state index contributed by atoms with van der Waals surface area (Å²) in [5.74, 6) is 0.0452. The molecule has 0 unspecified atom stereocenters. The first-order valence-corrected chi connectivity index (χ1v) is 7.97. The summed E-state index contributed by atoms with van der Waals surface area (Å²) in [7, 11) is 0. The van der Waals surface area contributed by atoms with Crippen LogP contribution in [-0.4, -0.2) is 16.4 Å². The first-order chi connectivity index (χ1) is 11.1. The third-order valence-corrected chi connectivity index (χ3v) is 4.86. The lowest BCUT2D eigenvalue weighted by molar-refractivity contribution is 0.103. The average molecular weight is 312 g/mol. The summed E-state index contributed by atoms with van der Waals surface area (Å²) in [6.45, 7) is 0. The molecular weight excluding hydrogens is 295 g/mol. The molecule has 1 saturated carbocycles. The van der Waals surface area contributed by atoms with E-state index in [4.69, 9.17) is 0 Å². The Hall–Kier alpha value is -2.43. The molecule has 23 heavy (non-hydrogen) atoms. The zero-order valence-electron chi connectivity index (χ0n) is 12.6. The van der Waals surface area contributed by atoms with Gasteiger partial charge < -0.3 is 5.32 Å². The zero-order chi connectivity index (χ0) is 16.0. The van der Waals surface area contributed by atoms with Crippen molar-refractivity contribution >= 4 is 11.6 Å². The van der Waals surface area contributed by atoms with E-state index < -0.39 is 0 Å². The Balaban J connectivity index is 1.80. The van der Waals surface area contributed by atoms with Gasteiger partial charge in [0.1, 0.15) is 11.6 Å².